The number of hydrogen-bond donors (Lipinski definition) is 0. The Labute approximate surface area is 133 Å². The van der Waals surface area contributed by atoms with Gasteiger partial charge >= 0.3 is 7.25 Å². The third-order valence-corrected chi connectivity index (χ3v) is 5.00. The van der Waals surface area contributed by atoms with E-state index >= 15 is 0 Å². The van der Waals surface area contributed by atoms with Gasteiger partial charge in [-0.05, 0) is 58.4 Å². The van der Waals surface area contributed by atoms with E-state index in [-0.39, 0.29) is 18.5 Å². The minimum atomic E-state index is -0.375. The Morgan fingerprint density at radius 2 is 1.59 bits per heavy atom. The number of rotatable bonds is 2. The van der Waals surface area contributed by atoms with Gasteiger partial charge in [0.25, 0.3) is 0 Å². The molecule has 0 aliphatic carbocycles. The molecule has 116 valence electrons. The Bertz CT molecular complexity index is 603. The van der Waals surface area contributed by atoms with Crippen LogP contribution in [-0.4, -0.2) is 23.3 Å². The van der Waals surface area contributed by atoms with Gasteiger partial charge in [0.1, 0.15) is 0 Å². The van der Waals surface area contributed by atoms with Gasteiger partial charge in [0.05, 0.1) is 11.2 Å². The zero-order valence-corrected chi connectivity index (χ0v) is 14.1. The van der Waals surface area contributed by atoms with Crippen molar-refractivity contribution in [2.24, 2.45) is 0 Å². The lowest BCUT2D eigenvalue weighted by Crippen LogP contribution is -2.41. The highest BCUT2D eigenvalue weighted by Gasteiger charge is 2.54. The van der Waals surface area contributed by atoms with Gasteiger partial charge in [-0.2, -0.15) is 0 Å². The van der Waals surface area contributed by atoms with Gasteiger partial charge < -0.3 is 14.1 Å². The normalized spacial score (nSPS) is 23.3. The minimum absolute atomic E-state index is 0.323. The Morgan fingerprint density at radius 1 is 1.00 bits per heavy atom. The molecule has 2 aliphatic rings. The molecule has 0 spiro atoms. The lowest BCUT2D eigenvalue weighted by atomic mass is 9.90. The Kier molecular flexibility index (Phi) is 3.70. The summed E-state index contributed by atoms with van der Waals surface area (Å²) in [6.45, 7) is 10.5. The van der Waals surface area contributed by atoms with E-state index in [9.17, 15) is 0 Å². The summed E-state index contributed by atoms with van der Waals surface area (Å²) in [5.74, 6) is 0. The SMILES string of the molecule is CC1=C(c2ccccc2)CC=CN1B1OC(C)(C)C(C)(C)O1. The number of hydrogen-bond acceptors (Lipinski definition) is 3. The van der Waals surface area contributed by atoms with Gasteiger partial charge in [-0.25, -0.2) is 0 Å². The second-order valence-corrected chi connectivity index (χ2v) is 6.99. The van der Waals surface area contributed by atoms with Gasteiger partial charge in [-0.15, -0.1) is 0 Å². The van der Waals surface area contributed by atoms with Crippen LogP contribution in [0.1, 0.15) is 46.6 Å². The average molecular weight is 297 g/mol. The molecular weight excluding hydrogens is 273 g/mol. The summed E-state index contributed by atoms with van der Waals surface area (Å²) in [6, 6.07) is 10.5. The topological polar surface area (TPSA) is 21.7 Å². The maximum Gasteiger partial charge on any atom is 0.598 e. The second-order valence-electron chi connectivity index (χ2n) is 6.99. The number of nitrogens with zero attached hydrogens (tertiary/aromatic N) is 1. The first-order valence-corrected chi connectivity index (χ1v) is 7.88. The zero-order valence-electron chi connectivity index (χ0n) is 14.1. The molecule has 2 aliphatic heterocycles. The molecule has 0 amide bonds. The van der Waals surface area contributed by atoms with Crippen LogP contribution in [0.15, 0.2) is 48.3 Å². The van der Waals surface area contributed by atoms with Crippen molar-refractivity contribution in [2.75, 3.05) is 0 Å². The maximum atomic E-state index is 6.18. The molecule has 3 nitrogen and oxygen atoms in total. The van der Waals surface area contributed by atoms with E-state index in [1.807, 2.05) is 6.07 Å². The largest absolute Gasteiger partial charge is 0.598 e. The van der Waals surface area contributed by atoms with Crippen LogP contribution >= 0.6 is 0 Å². The molecule has 0 N–H and O–H groups in total. The summed E-state index contributed by atoms with van der Waals surface area (Å²) < 4.78 is 12.4. The van der Waals surface area contributed by atoms with Crippen molar-refractivity contribution in [2.45, 2.75) is 52.2 Å². The van der Waals surface area contributed by atoms with Crippen molar-refractivity contribution in [3.63, 3.8) is 0 Å². The van der Waals surface area contributed by atoms with Crippen LogP contribution in [0.25, 0.3) is 5.57 Å². The van der Waals surface area contributed by atoms with E-state index in [2.05, 4.69) is 76.0 Å². The van der Waals surface area contributed by atoms with Gasteiger partial charge in [-0.3, -0.25) is 0 Å². The molecule has 4 heteroatoms. The maximum absolute atomic E-state index is 6.18. The predicted octanol–water partition coefficient (Wildman–Crippen LogP) is 4.23. The quantitative estimate of drug-likeness (QED) is 0.763. The van der Waals surface area contributed by atoms with E-state index in [4.69, 9.17) is 9.31 Å². The van der Waals surface area contributed by atoms with Crippen LogP contribution < -0.4 is 0 Å². The van der Waals surface area contributed by atoms with Gasteiger partial charge in [0, 0.05) is 5.70 Å². The summed E-state index contributed by atoms with van der Waals surface area (Å²) in [7, 11) is -0.375. The molecule has 2 heterocycles. The smallest absolute Gasteiger partial charge is 0.384 e. The molecule has 0 unspecified atom stereocenters. The molecule has 1 aromatic carbocycles. The molecule has 1 saturated heterocycles. The van der Waals surface area contributed by atoms with Crippen molar-refractivity contribution in [1.82, 2.24) is 4.81 Å². The first kappa shape index (κ1) is 15.4. The fourth-order valence-corrected chi connectivity index (χ4v) is 2.82. The highest BCUT2D eigenvalue weighted by molar-refractivity contribution is 6.43. The van der Waals surface area contributed by atoms with E-state index in [0.717, 1.165) is 6.42 Å². The van der Waals surface area contributed by atoms with Crippen LogP contribution in [0.5, 0.6) is 0 Å². The van der Waals surface area contributed by atoms with E-state index in [0.29, 0.717) is 0 Å². The van der Waals surface area contributed by atoms with Crippen molar-refractivity contribution in [1.29, 1.82) is 0 Å². The van der Waals surface area contributed by atoms with Crippen molar-refractivity contribution in [3.8, 4) is 0 Å². The van der Waals surface area contributed by atoms with Crippen molar-refractivity contribution < 1.29 is 9.31 Å². The standard InChI is InChI=1S/C18H24BNO2/c1-14-16(15-10-7-6-8-11-15)12-9-13-20(14)19-21-17(2,3)18(4,5)22-19/h6-11,13H,12H2,1-5H3. The summed E-state index contributed by atoms with van der Waals surface area (Å²) in [4.78, 5) is 2.10. The molecule has 1 fully saturated rings. The van der Waals surface area contributed by atoms with E-state index in [1.165, 1.54) is 16.8 Å². The molecule has 0 radical (unpaired) electrons. The Balaban J connectivity index is 1.91. The molecule has 3 rings (SSSR count). The highest BCUT2D eigenvalue weighted by Crippen LogP contribution is 2.40. The first-order chi connectivity index (χ1) is 10.3. The molecule has 0 saturated carbocycles. The number of allylic oxidation sites excluding steroid dienone is 3. The Morgan fingerprint density at radius 3 is 2.18 bits per heavy atom. The fourth-order valence-electron chi connectivity index (χ4n) is 2.82. The van der Waals surface area contributed by atoms with E-state index in [1.54, 1.807) is 0 Å². The lowest BCUT2D eigenvalue weighted by molar-refractivity contribution is 0.00578. The molecular formula is C18H24BNO2. The predicted molar refractivity (Wildman–Crippen MR) is 90.7 cm³/mol. The third-order valence-electron chi connectivity index (χ3n) is 5.00. The molecule has 0 bridgehead atoms. The summed E-state index contributed by atoms with van der Waals surface area (Å²) in [6.07, 6.45) is 5.18. The van der Waals surface area contributed by atoms with Crippen molar-refractivity contribution >= 4 is 12.8 Å². The second kappa shape index (κ2) is 5.29. The Hall–Kier alpha value is -1.52. The minimum Gasteiger partial charge on any atom is -0.384 e. The molecule has 1 aromatic rings. The lowest BCUT2D eigenvalue weighted by Gasteiger charge is -2.32. The fraction of sp³-hybridized carbons (Fsp3) is 0.444. The van der Waals surface area contributed by atoms with Crippen LogP contribution in [0.3, 0.4) is 0 Å². The zero-order chi connectivity index (χ0) is 16.0. The van der Waals surface area contributed by atoms with Crippen molar-refractivity contribution in [3.05, 3.63) is 53.9 Å². The summed E-state index contributed by atoms with van der Waals surface area (Å²) >= 11 is 0. The molecule has 22 heavy (non-hydrogen) atoms. The molecule has 0 aromatic heterocycles. The average Bonchev–Trinajstić information content (AvgIpc) is 2.68. The number of benzene rings is 1. The highest BCUT2D eigenvalue weighted by atomic mass is 16.7. The van der Waals surface area contributed by atoms with Gasteiger partial charge in [0.2, 0.25) is 0 Å². The van der Waals surface area contributed by atoms with Gasteiger partial charge in [0.15, 0.2) is 0 Å². The molecule has 0 atom stereocenters. The van der Waals surface area contributed by atoms with Crippen LogP contribution in [0.4, 0.5) is 0 Å². The third kappa shape index (κ3) is 2.51. The van der Waals surface area contributed by atoms with Gasteiger partial charge in [-0.1, -0.05) is 36.4 Å². The van der Waals surface area contributed by atoms with Crippen LogP contribution in [-0.2, 0) is 9.31 Å². The monoisotopic (exact) mass is 297 g/mol. The first-order valence-electron chi connectivity index (χ1n) is 7.88. The van der Waals surface area contributed by atoms with Crippen LogP contribution in [0, 0.1) is 0 Å². The summed E-state index contributed by atoms with van der Waals surface area (Å²) in [5, 5.41) is 0. The van der Waals surface area contributed by atoms with Crippen LogP contribution in [0.2, 0.25) is 0 Å². The van der Waals surface area contributed by atoms with E-state index < -0.39 is 0 Å². The summed E-state index contributed by atoms with van der Waals surface area (Å²) in [5.41, 5.74) is 3.11.